The molecule has 0 spiro atoms. The van der Waals surface area contributed by atoms with Crippen LogP contribution in [0.4, 0.5) is 0 Å². The molecule has 44 heavy (non-hydrogen) atoms. The molecule has 8 heteroatoms. The molecular formula is C36H42O8. The van der Waals surface area contributed by atoms with Crippen molar-refractivity contribution in [1.29, 1.82) is 0 Å². The van der Waals surface area contributed by atoms with Crippen LogP contribution in [0.3, 0.4) is 0 Å². The Morgan fingerprint density at radius 2 is 0.636 bits per heavy atom. The predicted octanol–water partition coefficient (Wildman–Crippen LogP) is 6.99. The first-order valence-electron chi connectivity index (χ1n) is 14.3. The first-order chi connectivity index (χ1) is 21.4. The van der Waals surface area contributed by atoms with E-state index in [1.807, 2.05) is 60.7 Å². The molecule has 0 atom stereocenters. The fourth-order valence-electron chi connectivity index (χ4n) is 5.31. The molecular weight excluding hydrogens is 560 g/mol. The lowest BCUT2D eigenvalue weighted by Gasteiger charge is -2.19. The molecule has 0 unspecified atom stereocenters. The molecule has 234 valence electrons. The second-order valence-corrected chi connectivity index (χ2v) is 10.2. The molecule has 0 saturated carbocycles. The minimum atomic E-state index is 0.709. The lowest BCUT2D eigenvalue weighted by Crippen LogP contribution is -2.02. The standard InChI is InChI=1S/C36H42O8/c1-37-27-13-23(14-28(19-27)38-2)9-11-25-17-35(43-7)31(21-33(25)41-5)32-22-34(42-6)26(18-36(32)44-8)12-10-24-15-29(39-3)20-30(16-24)40-4/h13-22H,9-12H2,1-8H3. The predicted molar refractivity (Wildman–Crippen MR) is 172 cm³/mol. The molecule has 0 aromatic heterocycles. The van der Waals surface area contributed by atoms with E-state index in [9.17, 15) is 0 Å². The van der Waals surface area contributed by atoms with Gasteiger partial charge in [0.05, 0.1) is 56.9 Å². The number of ether oxygens (including phenoxy) is 8. The second kappa shape index (κ2) is 15.1. The lowest BCUT2D eigenvalue weighted by atomic mass is 9.95. The van der Waals surface area contributed by atoms with Crippen LogP contribution in [0, 0.1) is 0 Å². The number of rotatable bonds is 15. The second-order valence-electron chi connectivity index (χ2n) is 10.2. The smallest absolute Gasteiger partial charge is 0.127 e. The van der Waals surface area contributed by atoms with Crippen LogP contribution in [0.25, 0.3) is 11.1 Å². The highest BCUT2D eigenvalue weighted by Gasteiger charge is 2.20. The van der Waals surface area contributed by atoms with Crippen LogP contribution in [0.2, 0.25) is 0 Å². The van der Waals surface area contributed by atoms with Crippen molar-refractivity contribution >= 4 is 0 Å². The van der Waals surface area contributed by atoms with Crippen LogP contribution in [0.15, 0.2) is 60.7 Å². The molecule has 4 rings (SSSR count). The summed E-state index contributed by atoms with van der Waals surface area (Å²) in [5, 5.41) is 0. The topological polar surface area (TPSA) is 73.8 Å². The van der Waals surface area contributed by atoms with Crippen LogP contribution in [0.1, 0.15) is 22.3 Å². The highest BCUT2D eigenvalue weighted by atomic mass is 16.5. The maximum atomic E-state index is 5.90. The molecule has 0 saturated heterocycles. The maximum Gasteiger partial charge on any atom is 0.127 e. The van der Waals surface area contributed by atoms with E-state index in [4.69, 9.17) is 37.9 Å². The number of methoxy groups -OCH3 is 8. The first-order valence-corrected chi connectivity index (χ1v) is 14.3. The molecule has 0 N–H and O–H groups in total. The van der Waals surface area contributed by atoms with Crippen LogP contribution in [0.5, 0.6) is 46.0 Å². The Hall–Kier alpha value is -4.72. The van der Waals surface area contributed by atoms with E-state index in [0.29, 0.717) is 11.5 Å². The van der Waals surface area contributed by atoms with Crippen LogP contribution in [-0.2, 0) is 25.7 Å². The average Bonchev–Trinajstić information content (AvgIpc) is 3.08. The summed E-state index contributed by atoms with van der Waals surface area (Å²) in [6.45, 7) is 0. The van der Waals surface area contributed by atoms with E-state index < -0.39 is 0 Å². The molecule has 0 fully saturated rings. The summed E-state index contributed by atoms with van der Waals surface area (Å²) in [6, 6.07) is 19.9. The summed E-state index contributed by atoms with van der Waals surface area (Å²) in [5.74, 6) is 5.96. The third-order valence-electron chi connectivity index (χ3n) is 7.68. The molecule has 8 nitrogen and oxygen atoms in total. The fourth-order valence-corrected chi connectivity index (χ4v) is 5.31. The third-order valence-corrected chi connectivity index (χ3v) is 7.68. The summed E-state index contributed by atoms with van der Waals surface area (Å²) >= 11 is 0. The van der Waals surface area contributed by atoms with Crippen LogP contribution >= 0.6 is 0 Å². The first kappa shape index (κ1) is 32.2. The normalized spacial score (nSPS) is 10.6. The molecule has 0 bridgehead atoms. The summed E-state index contributed by atoms with van der Waals surface area (Å²) in [5.41, 5.74) is 5.92. The van der Waals surface area contributed by atoms with Gasteiger partial charge in [-0.05, 0) is 96.5 Å². The van der Waals surface area contributed by atoms with Crippen LogP contribution in [-0.4, -0.2) is 56.9 Å². The average molecular weight is 603 g/mol. The van der Waals surface area contributed by atoms with E-state index in [0.717, 1.165) is 93.6 Å². The van der Waals surface area contributed by atoms with Crippen molar-refractivity contribution < 1.29 is 37.9 Å². The van der Waals surface area contributed by atoms with Gasteiger partial charge in [0, 0.05) is 23.3 Å². The van der Waals surface area contributed by atoms with E-state index >= 15 is 0 Å². The third kappa shape index (κ3) is 7.43. The Labute approximate surface area is 260 Å². The minimum Gasteiger partial charge on any atom is -0.497 e. The summed E-state index contributed by atoms with van der Waals surface area (Å²) in [4.78, 5) is 0. The highest BCUT2D eigenvalue weighted by molar-refractivity contribution is 5.80. The minimum absolute atomic E-state index is 0.709. The van der Waals surface area contributed by atoms with Gasteiger partial charge in [-0.3, -0.25) is 0 Å². The largest absolute Gasteiger partial charge is 0.497 e. The van der Waals surface area contributed by atoms with Crippen LogP contribution < -0.4 is 37.9 Å². The molecule has 0 aliphatic carbocycles. The van der Waals surface area contributed by atoms with Gasteiger partial charge in [-0.15, -0.1) is 0 Å². The van der Waals surface area contributed by atoms with Crippen molar-refractivity contribution in [3.8, 4) is 57.1 Å². The van der Waals surface area contributed by atoms with Crippen molar-refractivity contribution in [2.24, 2.45) is 0 Å². The Balaban J connectivity index is 1.66. The van der Waals surface area contributed by atoms with Crippen molar-refractivity contribution in [2.45, 2.75) is 25.7 Å². The van der Waals surface area contributed by atoms with Gasteiger partial charge in [0.25, 0.3) is 0 Å². The molecule has 0 aliphatic heterocycles. The number of aryl methyl sites for hydroxylation is 4. The maximum absolute atomic E-state index is 5.90. The molecule has 0 heterocycles. The number of hydrogen-bond donors (Lipinski definition) is 0. The van der Waals surface area contributed by atoms with Gasteiger partial charge in [0.15, 0.2) is 0 Å². The van der Waals surface area contributed by atoms with Gasteiger partial charge >= 0.3 is 0 Å². The van der Waals surface area contributed by atoms with Crippen molar-refractivity contribution in [3.63, 3.8) is 0 Å². The quantitative estimate of drug-likeness (QED) is 0.144. The molecule has 4 aromatic carbocycles. The fraction of sp³-hybridized carbons (Fsp3) is 0.333. The van der Waals surface area contributed by atoms with Gasteiger partial charge < -0.3 is 37.9 Å². The number of benzene rings is 4. The summed E-state index contributed by atoms with van der Waals surface area (Å²) in [6.07, 6.45) is 2.98. The summed E-state index contributed by atoms with van der Waals surface area (Å²) < 4.78 is 45.3. The van der Waals surface area contributed by atoms with Gasteiger partial charge in [0.1, 0.15) is 46.0 Å². The zero-order chi connectivity index (χ0) is 31.6. The van der Waals surface area contributed by atoms with Gasteiger partial charge in [-0.1, -0.05) is 0 Å². The highest BCUT2D eigenvalue weighted by Crippen LogP contribution is 2.44. The van der Waals surface area contributed by atoms with Crippen molar-refractivity contribution in [1.82, 2.24) is 0 Å². The number of hydrogen-bond acceptors (Lipinski definition) is 8. The Kier molecular flexibility index (Phi) is 11.1. The van der Waals surface area contributed by atoms with E-state index in [1.54, 1.807) is 56.9 Å². The Morgan fingerprint density at radius 3 is 0.909 bits per heavy atom. The molecule has 4 aromatic rings. The van der Waals surface area contributed by atoms with Crippen molar-refractivity contribution in [3.05, 3.63) is 82.9 Å². The van der Waals surface area contributed by atoms with Gasteiger partial charge in [0.2, 0.25) is 0 Å². The van der Waals surface area contributed by atoms with Crippen molar-refractivity contribution in [2.75, 3.05) is 56.9 Å². The van der Waals surface area contributed by atoms with Gasteiger partial charge in [-0.2, -0.15) is 0 Å². The Morgan fingerprint density at radius 1 is 0.318 bits per heavy atom. The zero-order valence-electron chi connectivity index (χ0n) is 26.9. The molecule has 0 aliphatic rings. The monoisotopic (exact) mass is 602 g/mol. The molecule has 0 amide bonds. The Bertz CT molecular complexity index is 1400. The SMILES string of the molecule is COc1cc(CCc2cc(OC)c(-c3cc(OC)c(CCc4cc(OC)cc(OC)c4)cc3OC)cc2OC)cc(OC)c1. The van der Waals surface area contributed by atoms with E-state index in [1.165, 1.54) is 0 Å². The van der Waals surface area contributed by atoms with E-state index in [-0.39, 0.29) is 0 Å². The van der Waals surface area contributed by atoms with Gasteiger partial charge in [-0.25, -0.2) is 0 Å². The lowest BCUT2D eigenvalue weighted by molar-refractivity contribution is 0.392. The van der Waals surface area contributed by atoms with E-state index in [2.05, 4.69) is 0 Å². The zero-order valence-corrected chi connectivity index (χ0v) is 26.9. The molecule has 0 radical (unpaired) electrons. The summed E-state index contributed by atoms with van der Waals surface area (Å²) in [7, 11) is 13.3.